The van der Waals surface area contributed by atoms with Crippen molar-refractivity contribution < 1.29 is 9.59 Å². The fourth-order valence-electron chi connectivity index (χ4n) is 1.77. The molecule has 0 aromatic carbocycles. The standard InChI is InChI=1S/C12H17N3O2S/c1-13-12(17)14-11(16)8-15(9-4-5-9)7-10-3-2-6-18-10/h2-3,6,9H,4-5,7-8H2,1H3,(H2,13,14,16,17). The van der Waals surface area contributed by atoms with Crippen LogP contribution in [-0.4, -0.2) is 36.5 Å². The fraction of sp³-hybridized carbons (Fsp3) is 0.500. The second-order valence-corrected chi connectivity index (χ2v) is 5.38. The van der Waals surface area contributed by atoms with Gasteiger partial charge in [0.25, 0.3) is 0 Å². The topological polar surface area (TPSA) is 61.4 Å². The van der Waals surface area contributed by atoms with Crippen molar-refractivity contribution in [1.82, 2.24) is 15.5 Å². The van der Waals surface area contributed by atoms with E-state index in [9.17, 15) is 9.59 Å². The molecule has 1 aliphatic carbocycles. The Morgan fingerprint density at radius 1 is 1.50 bits per heavy atom. The SMILES string of the molecule is CNC(=O)NC(=O)CN(Cc1cccs1)C1CC1. The van der Waals surface area contributed by atoms with Crippen molar-refractivity contribution in [2.45, 2.75) is 25.4 Å². The summed E-state index contributed by atoms with van der Waals surface area (Å²) in [6.45, 7) is 1.06. The number of hydrogen-bond donors (Lipinski definition) is 2. The smallest absolute Gasteiger partial charge is 0.321 e. The third kappa shape index (κ3) is 3.82. The van der Waals surface area contributed by atoms with E-state index in [2.05, 4.69) is 21.6 Å². The average Bonchev–Trinajstić information content (AvgIpc) is 3.07. The maximum atomic E-state index is 11.7. The molecule has 5 nitrogen and oxygen atoms in total. The third-order valence-electron chi connectivity index (χ3n) is 2.83. The van der Waals surface area contributed by atoms with Crippen molar-refractivity contribution in [2.75, 3.05) is 13.6 Å². The van der Waals surface area contributed by atoms with Gasteiger partial charge in [-0.25, -0.2) is 4.79 Å². The average molecular weight is 267 g/mol. The van der Waals surface area contributed by atoms with Gasteiger partial charge in [0.05, 0.1) is 6.54 Å². The lowest BCUT2D eigenvalue weighted by molar-refractivity contribution is -0.121. The van der Waals surface area contributed by atoms with Gasteiger partial charge in [-0.2, -0.15) is 0 Å². The van der Waals surface area contributed by atoms with Crippen LogP contribution in [0.2, 0.25) is 0 Å². The van der Waals surface area contributed by atoms with Crippen LogP contribution in [0.3, 0.4) is 0 Å². The molecule has 1 aromatic rings. The zero-order valence-electron chi connectivity index (χ0n) is 10.3. The molecule has 0 unspecified atom stereocenters. The summed E-state index contributed by atoms with van der Waals surface area (Å²) in [6, 6.07) is 4.11. The number of urea groups is 1. The molecule has 0 spiro atoms. The number of carbonyl (C=O) groups is 2. The van der Waals surface area contributed by atoms with Crippen molar-refractivity contribution in [1.29, 1.82) is 0 Å². The summed E-state index contributed by atoms with van der Waals surface area (Å²) in [5.41, 5.74) is 0. The zero-order valence-corrected chi connectivity index (χ0v) is 11.1. The molecule has 0 aliphatic heterocycles. The normalized spacial score (nSPS) is 14.6. The van der Waals surface area contributed by atoms with Gasteiger partial charge < -0.3 is 5.32 Å². The molecule has 0 bridgehead atoms. The summed E-state index contributed by atoms with van der Waals surface area (Å²) in [4.78, 5) is 26.1. The number of nitrogens with one attached hydrogen (secondary N) is 2. The maximum Gasteiger partial charge on any atom is 0.321 e. The van der Waals surface area contributed by atoms with Crippen LogP contribution in [0.4, 0.5) is 4.79 Å². The Morgan fingerprint density at radius 2 is 2.28 bits per heavy atom. The Labute approximate surface area is 110 Å². The third-order valence-corrected chi connectivity index (χ3v) is 3.69. The van der Waals surface area contributed by atoms with Crippen LogP contribution in [0.25, 0.3) is 0 Å². The highest BCUT2D eigenvalue weighted by atomic mass is 32.1. The Balaban J connectivity index is 1.86. The first kappa shape index (κ1) is 13.0. The molecule has 98 valence electrons. The zero-order chi connectivity index (χ0) is 13.0. The summed E-state index contributed by atoms with van der Waals surface area (Å²) in [7, 11) is 1.49. The minimum Gasteiger partial charge on any atom is -0.341 e. The summed E-state index contributed by atoms with van der Waals surface area (Å²) in [6.07, 6.45) is 2.28. The first-order valence-electron chi connectivity index (χ1n) is 5.97. The number of carbonyl (C=O) groups excluding carboxylic acids is 2. The molecule has 3 amide bonds. The van der Waals surface area contributed by atoms with Gasteiger partial charge in [-0.15, -0.1) is 11.3 Å². The largest absolute Gasteiger partial charge is 0.341 e. The van der Waals surface area contributed by atoms with Crippen molar-refractivity contribution in [3.8, 4) is 0 Å². The molecule has 2 N–H and O–H groups in total. The number of hydrogen-bond acceptors (Lipinski definition) is 4. The van der Waals surface area contributed by atoms with E-state index in [1.165, 1.54) is 11.9 Å². The first-order chi connectivity index (χ1) is 8.69. The van der Waals surface area contributed by atoms with Crippen LogP contribution >= 0.6 is 11.3 Å². The lowest BCUT2D eigenvalue weighted by Gasteiger charge is -2.20. The molecule has 1 aromatic heterocycles. The van der Waals surface area contributed by atoms with Crippen LogP contribution in [0.1, 0.15) is 17.7 Å². The Kier molecular flexibility index (Phi) is 4.33. The van der Waals surface area contributed by atoms with E-state index in [4.69, 9.17) is 0 Å². The van der Waals surface area contributed by atoms with Crippen LogP contribution in [-0.2, 0) is 11.3 Å². The second kappa shape index (κ2) is 5.97. The molecule has 6 heteroatoms. The predicted molar refractivity (Wildman–Crippen MR) is 70.3 cm³/mol. The van der Waals surface area contributed by atoms with Crippen LogP contribution in [0.15, 0.2) is 17.5 Å². The van der Waals surface area contributed by atoms with Gasteiger partial charge in [-0.3, -0.25) is 15.0 Å². The minimum absolute atomic E-state index is 0.252. The summed E-state index contributed by atoms with van der Waals surface area (Å²) < 4.78 is 0. The van der Waals surface area contributed by atoms with Gasteiger partial charge in [0.2, 0.25) is 5.91 Å². The molecule has 0 saturated heterocycles. The minimum atomic E-state index is -0.452. The summed E-state index contributed by atoms with van der Waals surface area (Å²) in [5.74, 6) is -0.252. The van der Waals surface area contributed by atoms with E-state index < -0.39 is 6.03 Å². The Morgan fingerprint density at radius 3 is 2.83 bits per heavy atom. The number of imide groups is 1. The summed E-state index contributed by atoms with van der Waals surface area (Å²) >= 11 is 1.69. The van der Waals surface area contributed by atoms with Gasteiger partial charge in [0.1, 0.15) is 0 Å². The first-order valence-corrected chi connectivity index (χ1v) is 6.85. The predicted octanol–water partition coefficient (Wildman–Crippen LogP) is 1.17. The molecule has 1 fully saturated rings. The molecular formula is C12H17N3O2S. The highest BCUT2D eigenvalue weighted by Crippen LogP contribution is 2.28. The Hall–Kier alpha value is -1.40. The highest BCUT2D eigenvalue weighted by Gasteiger charge is 2.30. The Bertz CT molecular complexity index is 415. The molecule has 0 atom stereocenters. The number of rotatable bonds is 5. The van der Waals surface area contributed by atoms with Crippen LogP contribution in [0, 0.1) is 0 Å². The monoisotopic (exact) mass is 267 g/mol. The second-order valence-electron chi connectivity index (χ2n) is 4.34. The number of thiophene rings is 1. The quantitative estimate of drug-likeness (QED) is 0.842. The van der Waals surface area contributed by atoms with E-state index in [1.807, 2.05) is 11.4 Å². The molecule has 1 aliphatic rings. The number of nitrogens with zero attached hydrogens (tertiary/aromatic N) is 1. The lowest BCUT2D eigenvalue weighted by atomic mass is 10.3. The molecule has 18 heavy (non-hydrogen) atoms. The van der Waals surface area contributed by atoms with Crippen LogP contribution in [0.5, 0.6) is 0 Å². The van der Waals surface area contributed by atoms with Gasteiger partial charge in [0, 0.05) is 24.5 Å². The van der Waals surface area contributed by atoms with Gasteiger partial charge in [-0.1, -0.05) is 6.07 Å². The van der Waals surface area contributed by atoms with E-state index >= 15 is 0 Å². The summed E-state index contributed by atoms with van der Waals surface area (Å²) in [5, 5.41) is 6.70. The van der Waals surface area contributed by atoms with Crippen molar-refractivity contribution >= 4 is 23.3 Å². The molecule has 2 rings (SSSR count). The van der Waals surface area contributed by atoms with Gasteiger partial charge >= 0.3 is 6.03 Å². The van der Waals surface area contributed by atoms with Gasteiger partial charge in [-0.05, 0) is 24.3 Å². The fourth-order valence-corrected chi connectivity index (χ4v) is 2.50. The number of amides is 3. The van der Waals surface area contributed by atoms with Gasteiger partial charge in [0.15, 0.2) is 0 Å². The molecular weight excluding hydrogens is 250 g/mol. The van der Waals surface area contributed by atoms with Crippen molar-refractivity contribution in [3.05, 3.63) is 22.4 Å². The van der Waals surface area contributed by atoms with Crippen molar-refractivity contribution in [3.63, 3.8) is 0 Å². The van der Waals surface area contributed by atoms with E-state index in [-0.39, 0.29) is 12.5 Å². The van der Waals surface area contributed by atoms with E-state index in [0.29, 0.717) is 6.04 Å². The van der Waals surface area contributed by atoms with Crippen LogP contribution < -0.4 is 10.6 Å². The molecule has 0 radical (unpaired) electrons. The lowest BCUT2D eigenvalue weighted by Crippen LogP contribution is -2.43. The van der Waals surface area contributed by atoms with Crippen molar-refractivity contribution in [2.24, 2.45) is 0 Å². The van der Waals surface area contributed by atoms with E-state index in [1.54, 1.807) is 11.3 Å². The maximum absolute atomic E-state index is 11.7. The molecule has 1 saturated carbocycles. The molecule has 1 heterocycles. The van der Waals surface area contributed by atoms with E-state index in [0.717, 1.165) is 19.4 Å². The highest BCUT2D eigenvalue weighted by molar-refractivity contribution is 7.09.